The van der Waals surface area contributed by atoms with Gasteiger partial charge in [0.2, 0.25) is 5.13 Å². The SMILES string of the molecule is Cc1ccc(-c2nnc(NC(=O)/C(C#N)=C\c3cn(Cc4ccccc4F)c4ccccc34)s2)cc1. The van der Waals surface area contributed by atoms with Crippen LogP contribution in [0.3, 0.4) is 0 Å². The van der Waals surface area contributed by atoms with Gasteiger partial charge >= 0.3 is 0 Å². The summed E-state index contributed by atoms with van der Waals surface area (Å²) in [4.78, 5) is 12.9. The zero-order valence-electron chi connectivity index (χ0n) is 19.3. The van der Waals surface area contributed by atoms with E-state index in [1.54, 1.807) is 18.2 Å². The molecule has 8 heteroatoms. The molecule has 1 N–H and O–H groups in total. The van der Waals surface area contributed by atoms with E-state index in [1.807, 2.05) is 72.3 Å². The number of rotatable bonds is 6. The first kappa shape index (κ1) is 23.1. The number of carbonyl (C=O) groups excluding carboxylic acids is 1. The number of aromatic nitrogens is 3. The van der Waals surface area contributed by atoms with E-state index in [1.165, 1.54) is 23.5 Å². The lowest BCUT2D eigenvalue weighted by Crippen LogP contribution is -2.13. The van der Waals surface area contributed by atoms with Crippen LogP contribution in [0.5, 0.6) is 0 Å². The number of anilines is 1. The number of halogens is 1. The summed E-state index contributed by atoms with van der Waals surface area (Å²) in [6.45, 7) is 2.32. The van der Waals surface area contributed by atoms with Crippen LogP contribution in [0.4, 0.5) is 9.52 Å². The molecule has 0 aliphatic carbocycles. The Morgan fingerprint density at radius 1 is 1.08 bits per heavy atom. The van der Waals surface area contributed by atoms with Gasteiger partial charge in [-0.25, -0.2) is 4.39 Å². The minimum Gasteiger partial charge on any atom is -0.342 e. The van der Waals surface area contributed by atoms with Crippen LogP contribution in [0.2, 0.25) is 0 Å². The van der Waals surface area contributed by atoms with Crippen LogP contribution in [-0.2, 0) is 11.3 Å². The normalized spacial score (nSPS) is 11.4. The molecule has 2 aromatic heterocycles. The maximum absolute atomic E-state index is 14.3. The van der Waals surface area contributed by atoms with Crippen LogP contribution in [0, 0.1) is 24.1 Å². The average Bonchev–Trinajstić information content (AvgIpc) is 3.49. The van der Waals surface area contributed by atoms with Crippen molar-refractivity contribution in [1.82, 2.24) is 14.8 Å². The van der Waals surface area contributed by atoms with Gasteiger partial charge < -0.3 is 4.57 Å². The predicted octanol–water partition coefficient (Wildman–Crippen LogP) is 6.20. The van der Waals surface area contributed by atoms with E-state index in [0.717, 1.165) is 22.0 Å². The van der Waals surface area contributed by atoms with Gasteiger partial charge in [0.05, 0.1) is 6.54 Å². The van der Waals surface area contributed by atoms with E-state index in [4.69, 9.17) is 0 Å². The van der Waals surface area contributed by atoms with Gasteiger partial charge in [0, 0.05) is 33.8 Å². The molecule has 176 valence electrons. The summed E-state index contributed by atoms with van der Waals surface area (Å²) in [5, 5.41) is 22.4. The summed E-state index contributed by atoms with van der Waals surface area (Å²) in [7, 11) is 0. The van der Waals surface area contributed by atoms with Gasteiger partial charge in [-0.05, 0) is 25.1 Å². The number of hydrogen-bond donors (Lipinski definition) is 1. The fraction of sp³-hybridized carbons (Fsp3) is 0.0714. The largest absolute Gasteiger partial charge is 0.342 e. The molecule has 0 saturated heterocycles. The first-order valence-corrected chi connectivity index (χ1v) is 12.0. The highest BCUT2D eigenvalue weighted by molar-refractivity contribution is 7.18. The van der Waals surface area contributed by atoms with Gasteiger partial charge in [0.25, 0.3) is 5.91 Å². The van der Waals surface area contributed by atoms with Crippen molar-refractivity contribution in [1.29, 1.82) is 5.26 Å². The second-order valence-electron chi connectivity index (χ2n) is 8.22. The number of para-hydroxylation sites is 1. The number of aryl methyl sites for hydroxylation is 1. The molecule has 0 radical (unpaired) electrons. The zero-order chi connectivity index (χ0) is 25.1. The van der Waals surface area contributed by atoms with Crippen LogP contribution in [0.15, 0.2) is 84.6 Å². The highest BCUT2D eigenvalue weighted by Gasteiger charge is 2.16. The molecule has 5 aromatic rings. The molecule has 5 rings (SSSR count). The molecular formula is C28H20FN5OS. The Morgan fingerprint density at radius 2 is 1.83 bits per heavy atom. The lowest BCUT2D eigenvalue weighted by molar-refractivity contribution is -0.112. The Balaban J connectivity index is 1.42. The molecule has 0 saturated carbocycles. The lowest BCUT2D eigenvalue weighted by Gasteiger charge is -2.06. The number of nitrogens with zero attached hydrogens (tertiary/aromatic N) is 4. The number of fused-ring (bicyclic) bond motifs is 1. The molecule has 0 fully saturated rings. The van der Waals surface area contributed by atoms with Crippen molar-refractivity contribution in [2.45, 2.75) is 13.5 Å². The molecular weight excluding hydrogens is 473 g/mol. The molecule has 0 spiro atoms. The third-order valence-electron chi connectivity index (χ3n) is 5.73. The monoisotopic (exact) mass is 493 g/mol. The Bertz CT molecular complexity index is 1640. The van der Waals surface area contributed by atoms with Gasteiger partial charge in [0.1, 0.15) is 22.5 Å². The van der Waals surface area contributed by atoms with Gasteiger partial charge in [-0.15, -0.1) is 10.2 Å². The minimum absolute atomic E-state index is 0.0733. The number of nitriles is 1. The number of nitrogens with one attached hydrogen (secondary N) is 1. The molecule has 3 aromatic carbocycles. The smallest absolute Gasteiger partial charge is 0.268 e. The van der Waals surface area contributed by atoms with E-state index >= 15 is 0 Å². The van der Waals surface area contributed by atoms with Gasteiger partial charge in [0.15, 0.2) is 0 Å². The van der Waals surface area contributed by atoms with Crippen LogP contribution in [0.25, 0.3) is 27.6 Å². The van der Waals surface area contributed by atoms with Gasteiger partial charge in [-0.1, -0.05) is 77.6 Å². The maximum atomic E-state index is 14.3. The maximum Gasteiger partial charge on any atom is 0.268 e. The second kappa shape index (κ2) is 9.94. The van der Waals surface area contributed by atoms with Gasteiger partial charge in [-0.3, -0.25) is 10.1 Å². The Morgan fingerprint density at radius 3 is 2.61 bits per heavy atom. The number of benzene rings is 3. The predicted molar refractivity (Wildman–Crippen MR) is 140 cm³/mol. The zero-order valence-corrected chi connectivity index (χ0v) is 20.1. The number of hydrogen-bond acceptors (Lipinski definition) is 5. The lowest BCUT2D eigenvalue weighted by atomic mass is 10.1. The summed E-state index contributed by atoms with van der Waals surface area (Å²) in [6, 6.07) is 24.1. The Kier molecular flexibility index (Phi) is 6.39. The van der Waals surface area contributed by atoms with E-state index in [2.05, 4.69) is 15.5 Å². The Labute approximate surface area is 211 Å². The molecule has 6 nitrogen and oxygen atoms in total. The van der Waals surface area contributed by atoms with Crippen molar-refractivity contribution in [2.75, 3.05) is 5.32 Å². The van der Waals surface area contributed by atoms with E-state index in [-0.39, 0.29) is 11.4 Å². The molecule has 0 unspecified atom stereocenters. The van der Waals surface area contributed by atoms with Crippen molar-refractivity contribution in [3.63, 3.8) is 0 Å². The highest BCUT2D eigenvalue weighted by Crippen LogP contribution is 2.28. The quantitative estimate of drug-likeness (QED) is 0.225. The van der Waals surface area contributed by atoms with Crippen molar-refractivity contribution in [3.05, 3.63) is 107 Å². The summed E-state index contributed by atoms with van der Waals surface area (Å²) >= 11 is 1.23. The van der Waals surface area contributed by atoms with Crippen molar-refractivity contribution in [2.24, 2.45) is 0 Å². The summed E-state index contributed by atoms with van der Waals surface area (Å²) in [5.41, 5.74) is 4.07. The molecule has 0 atom stereocenters. The molecule has 1 amide bonds. The van der Waals surface area contributed by atoms with E-state index in [0.29, 0.717) is 27.8 Å². The molecule has 0 aliphatic rings. The fourth-order valence-electron chi connectivity index (χ4n) is 3.89. The van der Waals surface area contributed by atoms with Crippen LogP contribution in [-0.4, -0.2) is 20.7 Å². The molecule has 0 bridgehead atoms. The van der Waals surface area contributed by atoms with Crippen LogP contribution < -0.4 is 5.32 Å². The highest BCUT2D eigenvalue weighted by atomic mass is 32.1. The van der Waals surface area contributed by atoms with Crippen molar-refractivity contribution < 1.29 is 9.18 Å². The minimum atomic E-state index is -0.574. The summed E-state index contributed by atoms with van der Waals surface area (Å²) < 4.78 is 16.2. The topological polar surface area (TPSA) is 83.6 Å². The average molecular weight is 494 g/mol. The first-order valence-electron chi connectivity index (χ1n) is 11.2. The van der Waals surface area contributed by atoms with E-state index in [9.17, 15) is 14.4 Å². The molecule has 2 heterocycles. The number of carbonyl (C=O) groups is 1. The standard InChI is InChI=1S/C28H20FN5OS/c1-18-10-12-19(13-11-18)27-32-33-28(36-27)31-26(35)21(15-30)14-22-17-34(25-9-5-3-7-23(22)25)16-20-6-2-4-8-24(20)29/h2-14,17H,16H2,1H3,(H,31,33,35)/b21-14-. The third-order valence-corrected chi connectivity index (χ3v) is 6.61. The van der Waals surface area contributed by atoms with Crippen LogP contribution >= 0.6 is 11.3 Å². The van der Waals surface area contributed by atoms with Gasteiger partial charge in [-0.2, -0.15) is 5.26 Å². The van der Waals surface area contributed by atoms with Crippen molar-refractivity contribution in [3.8, 4) is 16.6 Å². The molecule has 36 heavy (non-hydrogen) atoms. The number of amides is 1. The van der Waals surface area contributed by atoms with Crippen LogP contribution in [0.1, 0.15) is 16.7 Å². The fourth-order valence-corrected chi connectivity index (χ4v) is 4.63. The second-order valence-corrected chi connectivity index (χ2v) is 9.20. The summed E-state index contributed by atoms with van der Waals surface area (Å²) in [5.74, 6) is -0.860. The Hall–Kier alpha value is -4.61. The third kappa shape index (κ3) is 4.78. The molecule has 0 aliphatic heterocycles. The van der Waals surface area contributed by atoms with Crippen molar-refractivity contribution >= 4 is 39.4 Å². The van der Waals surface area contributed by atoms with E-state index < -0.39 is 5.91 Å². The first-order chi connectivity index (χ1) is 17.5. The summed E-state index contributed by atoms with van der Waals surface area (Å²) in [6.07, 6.45) is 3.36.